The number of anilines is 1. The molecule has 1 aliphatic rings. The first-order valence-corrected chi connectivity index (χ1v) is 6.33. The molecule has 1 aromatic rings. The van der Waals surface area contributed by atoms with Gasteiger partial charge in [-0.1, -0.05) is 13.8 Å². The fourth-order valence-corrected chi connectivity index (χ4v) is 2.36. The van der Waals surface area contributed by atoms with Gasteiger partial charge < -0.3 is 15.4 Å². The molecule has 1 saturated carbocycles. The van der Waals surface area contributed by atoms with Crippen LogP contribution in [0.1, 0.15) is 39.5 Å². The summed E-state index contributed by atoms with van der Waals surface area (Å²) in [5.74, 6) is -0.106. The number of hydrogen-bond donors (Lipinski definition) is 1. The maximum absolute atomic E-state index is 10.5. The summed E-state index contributed by atoms with van der Waals surface area (Å²) < 4.78 is 0. The third kappa shape index (κ3) is 3.18. The summed E-state index contributed by atoms with van der Waals surface area (Å²) in [4.78, 5) is 13.8. The van der Waals surface area contributed by atoms with Crippen LogP contribution < -0.4 is 5.32 Å². The van der Waals surface area contributed by atoms with E-state index in [9.17, 15) is 10.1 Å². The van der Waals surface area contributed by atoms with Gasteiger partial charge in [-0.05, 0) is 47.1 Å². The van der Waals surface area contributed by atoms with Gasteiger partial charge in [0.05, 0.1) is 5.69 Å². The van der Waals surface area contributed by atoms with E-state index in [0.717, 1.165) is 18.5 Å². The zero-order chi connectivity index (χ0) is 13.2. The molecule has 0 unspecified atom stereocenters. The van der Waals surface area contributed by atoms with Crippen LogP contribution in [0.2, 0.25) is 0 Å². The van der Waals surface area contributed by atoms with Crippen LogP contribution >= 0.6 is 0 Å². The van der Waals surface area contributed by atoms with Crippen molar-refractivity contribution in [1.82, 2.24) is 4.98 Å². The maximum Gasteiger partial charge on any atom is 0.363 e. The van der Waals surface area contributed by atoms with Crippen molar-refractivity contribution in [3.8, 4) is 0 Å². The topological polar surface area (TPSA) is 68.1 Å². The second-order valence-electron chi connectivity index (χ2n) is 5.75. The largest absolute Gasteiger partial charge is 0.379 e. The third-order valence-corrected chi connectivity index (χ3v) is 3.64. The molecule has 18 heavy (non-hydrogen) atoms. The predicted octanol–water partition coefficient (Wildman–Crippen LogP) is 3.37. The first-order chi connectivity index (χ1) is 8.46. The molecule has 1 heterocycles. The van der Waals surface area contributed by atoms with Crippen molar-refractivity contribution >= 4 is 11.5 Å². The average Bonchev–Trinajstić information content (AvgIpc) is 2.33. The minimum atomic E-state index is -0.479. The summed E-state index contributed by atoms with van der Waals surface area (Å²) in [7, 11) is 0. The van der Waals surface area contributed by atoms with Crippen molar-refractivity contribution in [2.45, 2.75) is 45.6 Å². The van der Waals surface area contributed by atoms with E-state index in [2.05, 4.69) is 24.1 Å². The number of nitrogens with one attached hydrogen (secondary N) is 1. The van der Waals surface area contributed by atoms with Gasteiger partial charge in [0, 0.05) is 12.1 Å². The number of pyridine rings is 1. The first kappa shape index (κ1) is 12.8. The Bertz CT molecular complexity index is 418. The van der Waals surface area contributed by atoms with Gasteiger partial charge in [-0.25, -0.2) is 0 Å². The van der Waals surface area contributed by atoms with Gasteiger partial charge in [0.1, 0.15) is 0 Å². The summed E-state index contributed by atoms with van der Waals surface area (Å²) in [6, 6.07) is 3.63. The van der Waals surface area contributed by atoms with Crippen LogP contribution in [0.25, 0.3) is 0 Å². The molecule has 0 aromatic carbocycles. The quantitative estimate of drug-likeness (QED) is 0.658. The van der Waals surface area contributed by atoms with Crippen molar-refractivity contribution in [3.05, 3.63) is 28.4 Å². The zero-order valence-electron chi connectivity index (χ0n) is 10.8. The number of rotatable bonds is 3. The standard InChI is InChI=1S/C13H19N3O2/c1-13(2)7-5-10(6-8-13)15-11-3-4-12(14-9-11)16(17)18/h3-4,9-10,15H,5-8H2,1-2H3. The molecule has 0 atom stereocenters. The molecule has 0 aliphatic heterocycles. The fourth-order valence-electron chi connectivity index (χ4n) is 2.36. The second kappa shape index (κ2) is 4.92. The molecule has 2 rings (SSSR count). The Morgan fingerprint density at radius 3 is 2.56 bits per heavy atom. The SMILES string of the molecule is CC1(C)CCC(Nc2ccc([N+](=O)[O-])nc2)CC1. The molecule has 0 radical (unpaired) electrons. The molecular formula is C13H19N3O2. The lowest BCUT2D eigenvalue weighted by atomic mass is 9.75. The zero-order valence-corrected chi connectivity index (χ0v) is 10.8. The number of aromatic nitrogens is 1. The summed E-state index contributed by atoms with van der Waals surface area (Å²) in [6.45, 7) is 4.60. The predicted molar refractivity (Wildman–Crippen MR) is 70.6 cm³/mol. The summed E-state index contributed by atoms with van der Waals surface area (Å²) in [5, 5.41) is 13.9. The Morgan fingerprint density at radius 1 is 1.39 bits per heavy atom. The Kier molecular flexibility index (Phi) is 3.50. The van der Waals surface area contributed by atoms with E-state index in [0.29, 0.717) is 11.5 Å². The molecule has 1 aromatic heterocycles. The minimum Gasteiger partial charge on any atom is -0.379 e. The van der Waals surface area contributed by atoms with E-state index in [1.807, 2.05) is 0 Å². The number of nitro groups is 1. The van der Waals surface area contributed by atoms with Crippen LogP contribution in [0.15, 0.2) is 18.3 Å². The second-order valence-corrected chi connectivity index (χ2v) is 5.75. The van der Waals surface area contributed by atoms with E-state index >= 15 is 0 Å². The smallest absolute Gasteiger partial charge is 0.363 e. The van der Waals surface area contributed by atoms with Crippen molar-refractivity contribution in [3.63, 3.8) is 0 Å². The minimum absolute atomic E-state index is 0.106. The highest BCUT2D eigenvalue weighted by molar-refractivity contribution is 5.44. The molecule has 0 saturated heterocycles. The Labute approximate surface area is 107 Å². The van der Waals surface area contributed by atoms with Gasteiger partial charge in [0.15, 0.2) is 6.20 Å². The van der Waals surface area contributed by atoms with Crippen molar-refractivity contribution in [1.29, 1.82) is 0 Å². The van der Waals surface area contributed by atoms with Gasteiger partial charge in [-0.3, -0.25) is 0 Å². The van der Waals surface area contributed by atoms with Crippen LogP contribution in [0.5, 0.6) is 0 Å². The molecule has 1 N–H and O–H groups in total. The average molecular weight is 249 g/mol. The normalized spacial score (nSPS) is 19.4. The summed E-state index contributed by atoms with van der Waals surface area (Å²) in [6.07, 6.45) is 6.25. The number of nitrogens with zero attached hydrogens (tertiary/aromatic N) is 2. The highest BCUT2D eigenvalue weighted by Gasteiger charge is 2.26. The maximum atomic E-state index is 10.5. The van der Waals surface area contributed by atoms with Crippen LogP contribution in [0.3, 0.4) is 0 Å². The van der Waals surface area contributed by atoms with E-state index in [1.54, 1.807) is 6.07 Å². The first-order valence-electron chi connectivity index (χ1n) is 6.33. The van der Waals surface area contributed by atoms with Gasteiger partial charge in [0.25, 0.3) is 0 Å². The summed E-state index contributed by atoms with van der Waals surface area (Å²) in [5.41, 5.74) is 1.32. The van der Waals surface area contributed by atoms with Gasteiger partial charge in [0.2, 0.25) is 0 Å². The molecule has 98 valence electrons. The fraction of sp³-hybridized carbons (Fsp3) is 0.615. The Balaban J connectivity index is 1.92. The lowest BCUT2D eigenvalue weighted by Crippen LogP contribution is -2.29. The van der Waals surface area contributed by atoms with Gasteiger partial charge >= 0.3 is 5.82 Å². The van der Waals surface area contributed by atoms with Crippen LogP contribution in [0.4, 0.5) is 11.5 Å². The Hall–Kier alpha value is -1.65. The molecule has 0 amide bonds. The Morgan fingerprint density at radius 2 is 2.06 bits per heavy atom. The monoisotopic (exact) mass is 249 g/mol. The van der Waals surface area contributed by atoms with Gasteiger partial charge in [-0.2, -0.15) is 0 Å². The van der Waals surface area contributed by atoms with E-state index in [1.165, 1.54) is 25.1 Å². The molecule has 1 fully saturated rings. The lowest BCUT2D eigenvalue weighted by molar-refractivity contribution is -0.389. The van der Waals surface area contributed by atoms with Crippen LogP contribution in [-0.4, -0.2) is 15.9 Å². The summed E-state index contributed by atoms with van der Waals surface area (Å²) >= 11 is 0. The molecular weight excluding hydrogens is 230 g/mol. The van der Waals surface area contributed by atoms with Crippen molar-refractivity contribution in [2.75, 3.05) is 5.32 Å². The van der Waals surface area contributed by atoms with Crippen molar-refractivity contribution in [2.24, 2.45) is 5.41 Å². The van der Waals surface area contributed by atoms with Crippen LogP contribution in [0, 0.1) is 15.5 Å². The van der Waals surface area contributed by atoms with E-state index in [4.69, 9.17) is 0 Å². The lowest BCUT2D eigenvalue weighted by Gasteiger charge is -2.34. The third-order valence-electron chi connectivity index (χ3n) is 3.64. The molecule has 5 heteroatoms. The number of hydrogen-bond acceptors (Lipinski definition) is 4. The molecule has 0 bridgehead atoms. The van der Waals surface area contributed by atoms with Crippen molar-refractivity contribution < 1.29 is 4.92 Å². The highest BCUT2D eigenvalue weighted by atomic mass is 16.6. The van der Waals surface area contributed by atoms with Gasteiger partial charge in [-0.15, -0.1) is 0 Å². The van der Waals surface area contributed by atoms with Crippen LogP contribution in [-0.2, 0) is 0 Å². The van der Waals surface area contributed by atoms with E-state index < -0.39 is 4.92 Å². The van der Waals surface area contributed by atoms with E-state index in [-0.39, 0.29) is 5.82 Å². The molecule has 0 spiro atoms. The highest BCUT2D eigenvalue weighted by Crippen LogP contribution is 2.36. The molecule has 5 nitrogen and oxygen atoms in total. The molecule has 1 aliphatic carbocycles.